The molecule has 0 radical (unpaired) electrons. The van der Waals surface area contributed by atoms with Crippen LogP contribution < -0.4 is 15.4 Å². The highest BCUT2D eigenvalue weighted by molar-refractivity contribution is 5.88. The van der Waals surface area contributed by atoms with Crippen molar-refractivity contribution in [1.29, 1.82) is 0 Å². The van der Waals surface area contributed by atoms with E-state index in [0.29, 0.717) is 0 Å². The van der Waals surface area contributed by atoms with Gasteiger partial charge in [0.15, 0.2) is 0 Å². The van der Waals surface area contributed by atoms with E-state index in [0.717, 1.165) is 78.6 Å². The van der Waals surface area contributed by atoms with Gasteiger partial charge >= 0.3 is 0 Å². The summed E-state index contributed by atoms with van der Waals surface area (Å²) < 4.78 is 9.20. The van der Waals surface area contributed by atoms with E-state index >= 15 is 0 Å². The zero-order valence-electron chi connectivity index (χ0n) is 19.7. The first-order valence-electron chi connectivity index (χ1n) is 12.0. The van der Waals surface area contributed by atoms with Crippen molar-refractivity contribution in [3.05, 3.63) is 76.5 Å². The molecule has 2 aliphatic heterocycles. The SMILES string of the molecule is Cc1c2cnn(-c3cccc(N4CCOCC4)c3)c(=O)c2c(C)n1-c1cccc(N2CCC2)c1. The lowest BCUT2D eigenvalue weighted by Gasteiger charge is -2.33. The van der Waals surface area contributed by atoms with Gasteiger partial charge in [0.2, 0.25) is 0 Å². The van der Waals surface area contributed by atoms with Crippen molar-refractivity contribution in [2.45, 2.75) is 20.3 Å². The van der Waals surface area contributed by atoms with Crippen LogP contribution in [0.15, 0.2) is 59.5 Å². The number of anilines is 2. The predicted molar refractivity (Wildman–Crippen MR) is 136 cm³/mol. The molecule has 2 saturated heterocycles. The van der Waals surface area contributed by atoms with Crippen LogP contribution in [0, 0.1) is 13.8 Å². The van der Waals surface area contributed by atoms with E-state index in [1.807, 2.05) is 31.3 Å². The fourth-order valence-corrected chi connectivity index (χ4v) is 5.18. The maximum absolute atomic E-state index is 13.7. The highest BCUT2D eigenvalue weighted by Crippen LogP contribution is 2.29. The summed E-state index contributed by atoms with van der Waals surface area (Å²) in [6.45, 7) is 9.45. The Hall–Kier alpha value is -3.58. The topological polar surface area (TPSA) is 55.5 Å². The van der Waals surface area contributed by atoms with E-state index in [1.54, 1.807) is 0 Å². The molecule has 0 spiro atoms. The molecule has 2 aliphatic rings. The maximum Gasteiger partial charge on any atom is 0.281 e. The van der Waals surface area contributed by atoms with Crippen LogP contribution in [-0.4, -0.2) is 53.7 Å². The lowest BCUT2D eigenvalue weighted by molar-refractivity contribution is 0.122. The monoisotopic (exact) mass is 455 g/mol. The van der Waals surface area contributed by atoms with Gasteiger partial charge in [-0.2, -0.15) is 9.78 Å². The third kappa shape index (κ3) is 3.39. The summed E-state index contributed by atoms with van der Waals surface area (Å²) in [4.78, 5) is 18.4. The molecule has 0 saturated carbocycles. The molecule has 174 valence electrons. The Bertz CT molecular complexity index is 1430. The van der Waals surface area contributed by atoms with Crippen LogP contribution in [0.25, 0.3) is 22.1 Å². The van der Waals surface area contributed by atoms with Crippen molar-refractivity contribution >= 4 is 22.1 Å². The fourth-order valence-electron chi connectivity index (χ4n) is 5.18. The zero-order valence-corrected chi connectivity index (χ0v) is 19.7. The molecule has 0 N–H and O–H groups in total. The average Bonchev–Trinajstić information content (AvgIpc) is 3.09. The van der Waals surface area contributed by atoms with Gasteiger partial charge in [0, 0.05) is 60.0 Å². The maximum atomic E-state index is 13.7. The standard InChI is InChI=1S/C27H29N5O2/c1-19-25-18-28-32(24-9-4-7-22(17-24)30-12-14-34-15-13-30)27(33)26(25)20(2)31(19)23-8-3-6-21(16-23)29-10-5-11-29/h3-4,6-9,16-18H,5,10-15H2,1-2H3. The molecule has 0 amide bonds. The second kappa shape index (κ2) is 8.33. The van der Waals surface area contributed by atoms with Crippen LogP contribution in [0.4, 0.5) is 11.4 Å². The van der Waals surface area contributed by atoms with E-state index in [4.69, 9.17) is 4.74 Å². The number of morpholine rings is 1. The molecule has 6 rings (SSSR count). The largest absolute Gasteiger partial charge is 0.378 e. The molecule has 0 aliphatic carbocycles. The summed E-state index contributed by atoms with van der Waals surface area (Å²) in [5.74, 6) is 0. The number of hydrogen-bond donors (Lipinski definition) is 0. The lowest BCUT2D eigenvalue weighted by Crippen LogP contribution is -2.36. The van der Waals surface area contributed by atoms with Crippen molar-refractivity contribution in [2.75, 3.05) is 49.2 Å². The number of aromatic nitrogens is 3. The van der Waals surface area contributed by atoms with Gasteiger partial charge in [0.1, 0.15) is 0 Å². The number of benzene rings is 2. The molecule has 2 aromatic heterocycles. The van der Waals surface area contributed by atoms with Gasteiger partial charge in [-0.25, -0.2) is 0 Å². The molecule has 0 atom stereocenters. The molecule has 7 nitrogen and oxygen atoms in total. The van der Waals surface area contributed by atoms with Gasteiger partial charge in [0.05, 0.1) is 30.5 Å². The quantitative estimate of drug-likeness (QED) is 0.468. The average molecular weight is 456 g/mol. The Morgan fingerprint density at radius 2 is 1.41 bits per heavy atom. The second-order valence-electron chi connectivity index (χ2n) is 9.14. The number of fused-ring (bicyclic) bond motifs is 1. The van der Waals surface area contributed by atoms with E-state index in [1.165, 1.54) is 16.8 Å². The summed E-state index contributed by atoms with van der Waals surface area (Å²) in [5.41, 5.74) is 6.07. The molecule has 0 bridgehead atoms. The van der Waals surface area contributed by atoms with E-state index in [9.17, 15) is 4.79 Å². The molecular weight excluding hydrogens is 426 g/mol. The van der Waals surface area contributed by atoms with Crippen molar-refractivity contribution in [3.8, 4) is 11.4 Å². The van der Waals surface area contributed by atoms with Gasteiger partial charge in [0.25, 0.3) is 5.56 Å². The van der Waals surface area contributed by atoms with Crippen LogP contribution in [0.2, 0.25) is 0 Å². The summed E-state index contributed by atoms with van der Waals surface area (Å²) in [7, 11) is 0. The van der Waals surface area contributed by atoms with Crippen molar-refractivity contribution in [1.82, 2.24) is 14.3 Å². The van der Waals surface area contributed by atoms with Gasteiger partial charge in [-0.05, 0) is 56.7 Å². The molecule has 4 heterocycles. The van der Waals surface area contributed by atoms with Crippen molar-refractivity contribution in [2.24, 2.45) is 0 Å². The minimum atomic E-state index is -0.0881. The number of hydrogen-bond acceptors (Lipinski definition) is 5. The van der Waals surface area contributed by atoms with Crippen LogP contribution >= 0.6 is 0 Å². The second-order valence-corrected chi connectivity index (χ2v) is 9.14. The molecule has 0 unspecified atom stereocenters. The van der Waals surface area contributed by atoms with Gasteiger partial charge < -0.3 is 19.1 Å². The first-order valence-corrected chi connectivity index (χ1v) is 12.0. The van der Waals surface area contributed by atoms with Crippen molar-refractivity contribution < 1.29 is 4.74 Å². The highest BCUT2D eigenvalue weighted by atomic mass is 16.5. The smallest absolute Gasteiger partial charge is 0.281 e. The summed E-state index contributed by atoms with van der Waals surface area (Å²) in [5, 5.41) is 6.20. The van der Waals surface area contributed by atoms with Crippen molar-refractivity contribution in [3.63, 3.8) is 0 Å². The Morgan fingerprint density at radius 3 is 2.09 bits per heavy atom. The predicted octanol–water partition coefficient (Wildman–Crippen LogP) is 3.84. The molecule has 2 aromatic carbocycles. The first-order chi connectivity index (χ1) is 16.6. The van der Waals surface area contributed by atoms with E-state index in [2.05, 4.69) is 56.7 Å². The van der Waals surface area contributed by atoms with Crippen LogP contribution in [0.3, 0.4) is 0 Å². The minimum absolute atomic E-state index is 0.0881. The summed E-state index contributed by atoms with van der Waals surface area (Å²) in [6.07, 6.45) is 3.07. The lowest BCUT2D eigenvalue weighted by atomic mass is 10.1. The summed E-state index contributed by atoms with van der Waals surface area (Å²) >= 11 is 0. The first kappa shape index (κ1) is 21.0. The number of ether oxygens (including phenoxy) is 1. The molecule has 7 heteroatoms. The number of nitrogens with zero attached hydrogens (tertiary/aromatic N) is 5. The Morgan fingerprint density at radius 1 is 0.794 bits per heavy atom. The highest BCUT2D eigenvalue weighted by Gasteiger charge is 2.20. The molecule has 2 fully saturated rings. The number of aryl methyl sites for hydroxylation is 2. The van der Waals surface area contributed by atoms with Crippen LogP contribution in [0.5, 0.6) is 0 Å². The van der Waals surface area contributed by atoms with Crippen LogP contribution in [-0.2, 0) is 4.74 Å². The van der Waals surface area contributed by atoms with Crippen LogP contribution in [0.1, 0.15) is 17.8 Å². The van der Waals surface area contributed by atoms with Gasteiger partial charge in [-0.1, -0.05) is 12.1 Å². The fraction of sp³-hybridized carbons (Fsp3) is 0.333. The number of rotatable bonds is 4. The molecule has 4 aromatic rings. The summed E-state index contributed by atoms with van der Waals surface area (Å²) in [6, 6.07) is 16.6. The van der Waals surface area contributed by atoms with E-state index < -0.39 is 0 Å². The normalized spacial score (nSPS) is 16.2. The Kier molecular flexibility index (Phi) is 5.14. The Labute approximate surface area is 198 Å². The van der Waals surface area contributed by atoms with Gasteiger partial charge in [-0.3, -0.25) is 4.79 Å². The Balaban J connectivity index is 1.45. The minimum Gasteiger partial charge on any atom is -0.378 e. The molecule has 34 heavy (non-hydrogen) atoms. The third-order valence-electron chi connectivity index (χ3n) is 7.16. The molecular formula is C27H29N5O2. The third-order valence-corrected chi connectivity index (χ3v) is 7.16. The zero-order chi connectivity index (χ0) is 23.2. The van der Waals surface area contributed by atoms with E-state index in [-0.39, 0.29) is 5.56 Å². The van der Waals surface area contributed by atoms with Gasteiger partial charge in [-0.15, -0.1) is 0 Å².